The number of ether oxygens (including phenoxy) is 2. The molecule has 1 atom stereocenters. The first-order chi connectivity index (χ1) is 27.8. The Hall–Kier alpha value is -1.99. The maximum Gasteiger partial charge on any atom is 0.469 e. The second-order valence-electron chi connectivity index (χ2n) is 15.7. The van der Waals surface area contributed by atoms with Gasteiger partial charge in [0, 0.05) is 12.8 Å². The standard InChI is InChI=1S/C48H87O8P/c1-3-5-7-9-11-13-15-17-19-21-22-23-24-25-26-27-29-31-33-35-37-39-41-43-48(50)56-46(45-55-57(51,52)53)44-54-47(49)42-40-38-36-34-32-30-28-20-18-16-14-12-10-8-6-4-2/h5,7,11,13,17,19,22-23,46H,3-4,6,8-10,12,14-16,18,20-21,24-45H2,1-2H3,(H2,51,52,53)/b7-5-,13-11-,19-17-,23-22-. The molecule has 0 aromatic carbocycles. The monoisotopic (exact) mass is 823 g/mol. The van der Waals surface area contributed by atoms with E-state index in [2.05, 4.69) is 67.0 Å². The molecule has 0 amide bonds. The fourth-order valence-electron chi connectivity index (χ4n) is 6.66. The van der Waals surface area contributed by atoms with E-state index in [1.807, 2.05) is 0 Å². The van der Waals surface area contributed by atoms with Crippen molar-refractivity contribution in [3.05, 3.63) is 48.6 Å². The smallest absolute Gasteiger partial charge is 0.462 e. The fraction of sp³-hybridized carbons (Fsp3) is 0.792. The number of carbonyl (C=O) groups is 2. The Bertz CT molecular complexity index is 1060. The third kappa shape index (κ3) is 46.6. The lowest BCUT2D eigenvalue weighted by Gasteiger charge is -2.18. The van der Waals surface area contributed by atoms with Crippen molar-refractivity contribution in [2.45, 2.75) is 232 Å². The molecule has 0 radical (unpaired) electrons. The van der Waals surface area contributed by atoms with Gasteiger partial charge in [0.1, 0.15) is 6.61 Å². The molecule has 9 heteroatoms. The summed E-state index contributed by atoms with van der Waals surface area (Å²) in [5.74, 6) is -0.882. The normalized spacial score (nSPS) is 12.8. The molecule has 0 heterocycles. The number of allylic oxidation sites excluding steroid dienone is 8. The van der Waals surface area contributed by atoms with Crippen LogP contribution in [-0.2, 0) is 28.2 Å². The molecule has 0 fully saturated rings. The summed E-state index contributed by atoms with van der Waals surface area (Å²) in [6.07, 6.45) is 54.0. The number of phosphoric ester groups is 1. The Labute approximate surface area is 350 Å². The summed E-state index contributed by atoms with van der Waals surface area (Å²) in [7, 11) is -4.76. The van der Waals surface area contributed by atoms with Crippen molar-refractivity contribution in [3.63, 3.8) is 0 Å². The zero-order valence-corrected chi connectivity index (χ0v) is 37.6. The van der Waals surface area contributed by atoms with Crippen LogP contribution in [0.1, 0.15) is 226 Å². The Balaban J connectivity index is 3.85. The largest absolute Gasteiger partial charge is 0.469 e. The van der Waals surface area contributed by atoms with Gasteiger partial charge in [0.2, 0.25) is 0 Å². The number of hydrogen-bond acceptors (Lipinski definition) is 6. The summed E-state index contributed by atoms with van der Waals surface area (Å²) in [5.41, 5.74) is 0. The van der Waals surface area contributed by atoms with Crippen LogP contribution in [0.3, 0.4) is 0 Å². The highest BCUT2D eigenvalue weighted by Crippen LogP contribution is 2.36. The average molecular weight is 823 g/mol. The fourth-order valence-corrected chi connectivity index (χ4v) is 7.02. The van der Waals surface area contributed by atoms with Crippen LogP contribution in [-0.4, -0.2) is 41.0 Å². The van der Waals surface area contributed by atoms with Gasteiger partial charge in [-0.2, -0.15) is 0 Å². The molecule has 2 N–H and O–H groups in total. The second kappa shape index (κ2) is 43.6. The van der Waals surface area contributed by atoms with Crippen LogP contribution in [0.4, 0.5) is 0 Å². The van der Waals surface area contributed by atoms with E-state index < -0.39 is 32.5 Å². The first kappa shape index (κ1) is 55.0. The minimum absolute atomic E-state index is 0.207. The molecule has 8 nitrogen and oxygen atoms in total. The van der Waals surface area contributed by atoms with Gasteiger partial charge in [0.25, 0.3) is 0 Å². The van der Waals surface area contributed by atoms with E-state index in [-0.39, 0.29) is 19.4 Å². The molecule has 0 aliphatic rings. The number of esters is 2. The van der Waals surface area contributed by atoms with Gasteiger partial charge >= 0.3 is 19.8 Å². The third-order valence-electron chi connectivity index (χ3n) is 10.1. The number of hydrogen-bond donors (Lipinski definition) is 2. The van der Waals surface area contributed by atoms with Gasteiger partial charge in [-0.3, -0.25) is 14.1 Å². The van der Waals surface area contributed by atoms with E-state index >= 15 is 0 Å². The minimum Gasteiger partial charge on any atom is -0.462 e. The van der Waals surface area contributed by atoms with Gasteiger partial charge in [-0.05, 0) is 51.4 Å². The molecule has 0 aromatic heterocycles. The van der Waals surface area contributed by atoms with Crippen LogP contribution in [0, 0.1) is 0 Å². The van der Waals surface area contributed by atoms with Gasteiger partial charge in [-0.1, -0.05) is 210 Å². The molecule has 0 aliphatic carbocycles. The van der Waals surface area contributed by atoms with Crippen molar-refractivity contribution in [1.82, 2.24) is 0 Å². The summed E-state index contributed by atoms with van der Waals surface area (Å²) in [6, 6.07) is 0. The molecule has 332 valence electrons. The van der Waals surface area contributed by atoms with Crippen molar-refractivity contribution >= 4 is 19.8 Å². The molecule has 0 aromatic rings. The van der Waals surface area contributed by atoms with Gasteiger partial charge in [-0.25, -0.2) is 4.57 Å². The van der Waals surface area contributed by atoms with E-state index in [0.717, 1.165) is 70.6 Å². The van der Waals surface area contributed by atoms with Gasteiger partial charge in [-0.15, -0.1) is 0 Å². The maximum absolute atomic E-state index is 12.5. The second-order valence-corrected chi connectivity index (χ2v) is 16.9. The maximum atomic E-state index is 12.5. The Morgan fingerprint density at radius 2 is 0.842 bits per heavy atom. The van der Waals surface area contributed by atoms with Crippen LogP contribution in [0.25, 0.3) is 0 Å². The van der Waals surface area contributed by atoms with Crippen LogP contribution >= 0.6 is 7.82 Å². The predicted molar refractivity (Wildman–Crippen MR) is 239 cm³/mol. The number of phosphoric acid groups is 1. The van der Waals surface area contributed by atoms with E-state index in [9.17, 15) is 14.2 Å². The van der Waals surface area contributed by atoms with Crippen LogP contribution < -0.4 is 0 Å². The molecule has 0 saturated heterocycles. The van der Waals surface area contributed by atoms with Crippen molar-refractivity contribution in [3.8, 4) is 0 Å². The number of rotatable bonds is 43. The van der Waals surface area contributed by atoms with E-state index in [1.54, 1.807) is 0 Å². The average Bonchev–Trinajstić information content (AvgIpc) is 3.18. The summed E-state index contributed by atoms with van der Waals surface area (Å²) >= 11 is 0. The summed E-state index contributed by atoms with van der Waals surface area (Å²) in [5, 5.41) is 0. The van der Waals surface area contributed by atoms with E-state index in [1.165, 1.54) is 122 Å². The van der Waals surface area contributed by atoms with Gasteiger partial charge in [0.15, 0.2) is 6.10 Å². The molecule has 0 aliphatic heterocycles. The molecular weight excluding hydrogens is 735 g/mol. The van der Waals surface area contributed by atoms with Gasteiger partial charge < -0.3 is 19.3 Å². The Morgan fingerprint density at radius 3 is 1.26 bits per heavy atom. The molecular formula is C48H87O8P. The molecule has 57 heavy (non-hydrogen) atoms. The summed E-state index contributed by atoms with van der Waals surface area (Å²) in [4.78, 5) is 43.0. The first-order valence-corrected chi connectivity index (χ1v) is 25.0. The quantitative estimate of drug-likeness (QED) is 0.0270. The Morgan fingerprint density at radius 1 is 0.474 bits per heavy atom. The van der Waals surface area contributed by atoms with E-state index in [4.69, 9.17) is 19.3 Å². The topological polar surface area (TPSA) is 119 Å². The molecule has 1 unspecified atom stereocenters. The lowest BCUT2D eigenvalue weighted by molar-refractivity contribution is -0.161. The highest BCUT2D eigenvalue weighted by molar-refractivity contribution is 7.46. The zero-order chi connectivity index (χ0) is 41.8. The molecule has 0 saturated carbocycles. The third-order valence-corrected chi connectivity index (χ3v) is 10.6. The predicted octanol–water partition coefficient (Wildman–Crippen LogP) is 14.7. The first-order valence-electron chi connectivity index (χ1n) is 23.4. The Kier molecular flexibility index (Phi) is 42.1. The number of unbranched alkanes of at least 4 members (excludes halogenated alkanes) is 25. The van der Waals surface area contributed by atoms with Gasteiger partial charge in [0.05, 0.1) is 6.61 Å². The molecule has 0 bridgehead atoms. The summed E-state index contributed by atoms with van der Waals surface area (Å²) in [6.45, 7) is 3.60. The van der Waals surface area contributed by atoms with Crippen LogP contribution in [0.5, 0.6) is 0 Å². The highest BCUT2D eigenvalue weighted by atomic mass is 31.2. The van der Waals surface area contributed by atoms with Crippen molar-refractivity contribution in [2.75, 3.05) is 13.2 Å². The summed E-state index contributed by atoms with van der Waals surface area (Å²) < 4.78 is 26.5. The van der Waals surface area contributed by atoms with Crippen molar-refractivity contribution < 1.29 is 37.9 Å². The van der Waals surface area contributed by atoms with Crippen molar-refractivity contribution in [1.29, 1.82) is 0 Å². The SMILES string of the molecule is CC/C=C\C/C=C\C/C=C\C/C=C\CCCCCCCCCCCCC(=O)OC(COC(=O)CCCCCCCCCCCCCCCCCC)COP(=O)(O)O. The van der Waals surface area contributed by atoms with Crippen LogP contribution in [0.2, 0.25) is 0 Å². The van der Waals surface area contributed by atoms with E-state index in [0.29, 0.717) is 6.42 Å². The lowest BCUT2D eigenvalue weighted by Crippen LogP contribution is -2.29. The molecule has 0 rings (SSSR count). The lowest BCUT2D eigenvalue weighted by atomic mass is 10.0. The van der Waals surface area contributed by atoms with Crippen LogP contribution in [0.15, 0.2) is 48.6 Å². The zero-order valence-electron chi connectivity index (χ0n) is 36.7. The van der Waals surface area contributed by atoms with Crippen molar-refractivity contribution in [2.24, 2.45) is 0 Å². The minimum atomic E-state index is -4.76. The molecule has 0 spiro atoms. The number of carbonyl (C=O) groups excluding carboxylic acids is 2. The highest BCUT2D eigenvalue weighted by Gasteiger charge is 2.23.